The molecule has 0 atom stereocenters. The largest absolute Gasteiger partial charge is 0.494 e. The van der Waals surface area contributed by atoms with Crippen LogP contribution in [0.1, 0.15) is 12.8 Å². The Hall–Kier alpha value is -2.35. The van der Waals surface area contributed by atoms with E-state index >= 15 is 0 Å². The van der Waals surface area contributed by atoms with Crippen LogP contribution in [0.15, 0.2) is 47.6 Å². The Morgan fingerprint density at radius 3 is 2.68 bits per heavy atom. The molecule has 118 valence electrons. The minimum Gasteiger partial charge on any atom is -0.494 e. The average Bonchev–Trinajstić information content (AvgIpc) is 2.92. The molecule has 1 amide bonds. The zero-order chi connectivity index (χ0) is 16.0. The second-order valence-corrected chi connectivity index (χ2v) is 6.33. The van der Waals surface area contributed by atoms with Gasteiger partial charge in [-0.3, -0.25) is 9.48 Å². The lowest BCUT2D eigenvalue weighted by Crippen LogP contribution is -2.30. The summed E-state index contributed by atoms with van der Waals surface area (Å²) in [5, 5.41) is 3.77. The number of aromatic nitrogens is 2. The van der Waals surface area contributed by atoms with E-state index in [-0.39, 0.29) is 11.3 Å². The molecule has 0 bridgehead atoms. The summed E-state index contributed by atoms with van der Waals surface area (Å²) in [5.41, 5.74) is 0. The molecule has 2 aromatic rings. The van der Waals surface area contributed by atoms with Crippen molar-refractivity contribution < 1.29 is 17.9 Å². The molecular formula is C14H17N3O4S. The molecule has 7 nitrogen and oxygen atoms in total. The van der Waals surface area contributed by atoms with Crippen LogP contribution in [-0.2, 0) is 21.9 Å². The summed E-state index contributed by atoms with van der Waals surface area (Å²) in [7, 11) is -2.25. The van der Waals surface area contributed by atoms with Crippen LogP contribution in [0.2, 0.25) is 0 Å². The van der Waals surface area contributed by atoms with Gasteiger partial charge in [0, 0.05) is 19.7 Å². The van der Waals surface area contributed by atoms with Crippen LogP contribution in [0.4, 0.5) is 0 Å². The van der Waals surface area contributed by atoms with Crippen molar-refractivity contribution in [3.8, 4) is 5.75 Å². The monoisotopic (exact) mass is 323 g/mol. The predicted molar refractivity (Wildman–Crippen MR) is 79.7 cm³/mol. The van der Waals surface area contributed by atoms with Gasteiger partial charge >= 0.3 is 0 Å². The number of carbonyl (C=O) groups excluding carboxylic acids is 1. The molecule has 2 rings (SSSR count). The van der Waals surface area contributed by atoms with E-state index in [0.29, 0.717) is 18.8 Å². The number of nitrogens with one attached hydrogen (secondary N) is 1. The maximum Gasteiger partial charge on any atom is 0.267 e. The van der Waals surface area contributed by atoms with Crippen LogP contribution in [0.3, 0.4) is 0 Å². The number of carbonyl (C=O) groups is 1. The fourth-order valence-corrected chi connectivity index (χ4v) is 2.73. The summed E-state index contributed by atoms with van der Waals surface area (Å²) in [5.74, 6) is 0.145. The van der Waals surface area contributed by atoms with Gasteiger partial charge in [-0.05, 0) is 18.6 Å². The zero-order valence-electron chi connectivity index (χ0n) is 12.1. The molecule has 22 heavy (non-hydrogen) atoms. The number of sulfonamides is 1. The molecule has 0 saturated carbocycles. The highest BCUT2D eigenvalue weighted by atomic mass is 32.2. The maximum atomic E-state index is 11.9. The highest BCUT2D eigenvalue weighted by molar-refractivity contribution is 7.90. The van der Waals surface area contributed by atoms with Crippen LogP contribution in [-0.4, -0.2) is 30.7 Å². The highest BCUT2D eigenvalue weighted by Gasteiger charge is 2.18. The highest BCUT2D eigenvalue weighted by Crippen LogP contribution is 2.09. The van der Waals surface area contributed by atoms with Crippen molar-refractivity contribution in [3.63, 3.8) is 0 Å². The van der Waals surface area contributed by atoms with E-state index in [1.165, 1.54) is 17.1 Å². The maximum absolute atomic E-state index is 11.9. The van der Waals surface area contributed by atoms with Gasteiger partial charge in [0.2, 0.25) is 5.91 Å². The van der Waals surface area contributed by atoms with E-state index in [2.05, 4.69) is 5.10 Å². The summed E-state index contributed by atoms with van der Waals surface area (Å²) in [6, 6.07) is 9.20. The van der Waals surface area contributed by atoms with Crippen molar-refractivity contribution in [1.82, 2.24) is 14.5 Å². The molecule has 1 aromatic carbocycles. The summed E-state index contributed by atoms with van der Waals surface area (Å²) >= 11 is 0. The molecule has 0 fully saturated rings. The number of aryl methyl sites for hydroxylation is 1. The van der Waals surface area contributed by atoms with Crippen molar-refractivity contribution in [3.05, 3.63) is 42.7 Å². The Labute approximate surface area is 129 Å². The number of para-hydroxylation sites is 1. The van der Waals surface area contributed by atoms with Gasteiger partial charge in [0.05, 0.1) is 12.8 Å². The normalized spacial score (nSPS) is 11.1. The second-order valence-electron chi connectivity index (χ2n) is 4.64. The van der Waals surface area contributed by atoms with Crippen molar-refractivity contribution in [2.24, 2.45) is 7.05 Å². The molecule has 0 unspecified atom stereocenters. The van der Waals surface area contributed by atoms with Crippen LogP contribution in [0.5, 0.6) is 5.75 Å². The molecular weight excluding hydrogens is 306 g/mol. The second kappa shape index (κ2) is 7.08. The molecule has 0 aliphatic rings. The zero-order valence-corrected chi connectivity index (χ0v) is 12.9. The van der Waals surface area contributed by atoms with Crippen molar-refractivity contribution in [1.29, 1.82) is 0 Å². The van der Waals surface area contributed by atoms with Gasteiger partial charge in [0.1, 0.15) is 10.6 Å². The number of ether oxygens (including phenoxy) is 1. The minimum absolute atomic E-state index is 0.0381. The lowest BCUT2D eigenvalue weighted by Gasteiger charge is -2.06. The molecule has 0 spiro atoms. The number of hydrogen-bond acceptors (Lipinski definition) is 5. The van der Waals surface area contributed by atoms with Crippen molar-refractivity contribution in [2.75, 3.05) is 6.61 Å². The fourth-order valence-electron chi connectivity index (χ4n) is 1.74. The molecule has 8 heteroatoms. The van der Waals surface area contributed by atoms with Gasteiger partial charge in [-0.25, -0.2) is 13.1 Å². The van der Waals surface area contributed by atoms with Crippen molar-refractivity contribution >= 4 is 15.9 Å². The lowest BCUT2D eigenvalue weighted by atomic mass is 10.3. The van der Waals surface area contributed by atoms with Gasteiger partial charge in [-0.1, -0.05) is 18.2 Å². The molecule has 1 N–H and O–H groups in total. The predicted octanol–water partition coefficient (Wildman–Crippen LogP) is 1.08. The summed E-state index contributed by atoms with van der Waals surface area (Å²) < 4.78 is 32.6. The first-order valence-electron chi connectivity index (χ1n) is 6.69. The topological polar surface area (TPSA) is 90.3 Å². The quantitative estimate of drug-likeness (QED) is 0.770. The Morgan fingerprint density at radius 1 is 1.32 bits per heavy atom. The summed E-state index contributed by atoms with van der Waals surface area (Å²) in [6.45, 7) is 0.338. The van der Waals surface area contributed by atoms with E-state index in [4.69, 9.17) is 4.74 Å². The van der Waals surface area contributed by atoms with Gasteiger partial charge < -0.3 is 4.74 Å². The smallest absolute Gasteiger partial charge is 0.267 e. The molecule has 0 saturated heterocycles. The van der Waals surface area contributed by atoms with Crippen LogP contribution in [0.25, 0.3) is 0 Å². The van der Waals surface area contributed by atoms with E-state index in [9.17, 15) is 13.2 Å². The third kappa shape index (κ3) is 4.59. The third-order valence-electron chi connectivity index (χ3n) is 2.80. The molecule has 0 aliphatic heterocycles. The van der Waals surface area contributed by atoms with Gasteiger partial charge in [-0.15, -0.1) is 0 Å². The molecule has 1 aromatic heterocycles. The standard InChI is InChI=1S/C14H17N3O4S/c1-17-11-13(10-15-17)22(19,20)16-14(18)8-5-9-21-12-6-3-2-4-7-12/h2-4,6-7,10-11H,5,8-9H2,1H3,(H,16,18). The summed E-state index contributed by atoms with van der Waals surface area (Å²) in [6.07, 6.45) is 3.00. The van der Waals surface area contributed by atoms with Crippen LogP contribution >= 0.6 is 0 Å². The number of amides is 1. The van der Waals surface area contributed by atoms with Crippen LogP contribution < -0.4 is 9.46 Å². The number of rotatable bonds is 7. The first-order chi connectivity index (χ1) is 10.5. The average molecular weight is 323 g/mol. The van der Waals surface area contributed by atoms with Gasteiger partial charge in [0.25, 0.3) is 10.0 Å². The van der Waals surface area contributed by atoms with Crippen LogP contribution in [0, 0.1) is 0 Å². The number of hydrogen-bond donors (Lipinski definition) is 1. The van der Waals surface area contributed by atoms with E-state index in [1.54, 1.807) is 7.05 Å². The van der Waals surface area contributed by atoms with Crippen molar-refractivity contribution in [2.45, 2.75) is 17.7 Å². The fraction of sp³-hybridized carbons (Fsp3) is 0.286. The number of nitrogens with zero attached hydrogens (tertiary/aromatic N) is 2. The first-order valence-corrected chi connectivity index (χ1v) is 8.18. The Bertz CT molecular complexity index is 726. The lowest BCUT2D eigenvalue weighted by molar-refractivity contribution is -0.119. The van der Waals surface area contributed by atoms with Gasteiger partial charge in [-0.2, -0.15) is 5.10 Å². The molecule has 0 radical (unpaired) electrons. The van der Waals surface area contributed by atoms with E-state index in [1.807, 2.05) is 35.1 Å². The Morgan fingerprint density at radius 2 is 2.05 bits per heavy atom. The first kappa shape index (κ1) is 16.0. The molecule has 0 aliphatic carbocycles. The van der Waals surface area contributed by atoms with E-state index in [0.717, 1.165) is 0 Å². The SMILES string of the molecule is Cn1cc(S(=O)(=O)NC(=O)CCCOc2ccccc2)cn1. The molecule has 1 heterocycles. The van der Waals surface area contributed by atoms with Gasteiger partial charge in [0.15, 0.2) is 0 Å². The van der Waals surface area contributed by atoms with E-state index < -0.39 is 15.9 Å². The number of benzene rings is 1. The Balaban J connectivity index is 1.76. The Kier molecular flexibility index (Phi) is 5.16. The third-order valence-corrected chi connectivity index (χ3v) is 4.13. The summed E-state index contributed by atoms with van der Waals surface area (Å²) in [4.78, 5) is 11.6. The minimum atomic E-state index is -3.85.